The van der Waals surface area contributed by atoms with Crippen LogP contribution >= 0.6 is 11.6 Å². The summed E-state index contributed by atoms with van der Waals surface area (Å²) in [7, 11) is 1.62. The Morgan fingerprint density at radius 3 is 2.44 bits per heavy atom. The third-order valence-electron chi connectivity index (χ3n) is 5.82. The van der Waals surface area contributed by atoms with Gasteiger partial charge in [0, 0.05) is 28.2 Å². The molecule has 2 unspecified atom stereocenters. The molecule has 6 nitrogen and oxygen atoms in total. The average Bonchev–Trinajstić information content (AvgIpc) is 2.87. The standard InChI is InChI=1S/C27H28ClNO5/c1-27(2,3)15-29-21-11-9-16(28)13-20(21)25(34-23(26(29)32)14-24(30)31)19-10-12-22(33-4)18-8-6-5-7-17(18)19/h5-13,23,25H,14-15H2,1-4H3,(H,30,31). The number of carbonyl (C=O) groups is 2. The summed E-state index contributed by atoms with van der Waals surface area (Å²) in [5.41, 5.74) is 1.96. The number of fused-ring (bicyclic) bond motifs is 2. The van der Waals surface area contributed by atoms with E-state index in [2.05, 4.69) is 0 Å². The number of carboxylic acid groups (broad SMARTS) is 1. The topological polar surface area (TPSA) is 76.1 Å². The van der Waals surface area contributed by atoms with Crippen LogP contribution in [0.25, 0.3) is 10.8 Å². The van der Waals surface area contributed by atoms with Gasteiger partial charge in [0.15, 0.2) is 0 Å². The summed E-state index contributed by atoms with van der Waals surface area (Å²) in [4.78, 5) is 27.0. The summed E-state index contributed by atoms with van der Waals surface area (Å²) in [5, 5.41) is 11.9. The van der Waals surface area contributed by atoms with Crippen LogP contribution in [0.1, 0.15) is 44.4 Å². The number of benzene rings is 3. The van der Waals surface area contributed by atoms with Crippen molar-refractivity contribution < 1.29 is 24.2 Å². The first-order chi connectivity index (χ1) is 16.1. The van der Waals surface area contributed by atoms with Gasteiger partial charge < -0.3 is 19.5 Å². The Balaban J connectivity index is 1.97. The molecule has 3 aromatic carbocycles. The van der Waals surface area contributed by atoms with E-state index in [1.165, 1.54) is 0 Å². The zero-order valence-corrected chi connectivity index (χ0v) is 20.4. The van der Waals surface area contributed by atoms with Gasteiger partial charge in [-0.1, -0.05) is 62.7 Å². The van der Waals surface area contributed by atoms with Gasteiger partial charge in [-0.15, -0.1) is 0 Å². The molecule has 0 radical (unpaired) electrons. The van der Waals surface area contributed by atoms with Crippen LogP contribution in [0.15, 0.2) is 54.6 Å². The second kappa shape index (κ2) is 9.28. The summed E-state index contributed by atoms with van der Waals surface area (Å²) in [6.07, 6.45) is -2.30. The molecule has 1 N–H and O–H groups in total. The fourth-order valence-electron chi connectivity index (χ4n) is 4.44. The van der Waals surface area contributed by atoms with E-state index in [0.29, 0.717) is 28.6 Å². The summed E-state index contributed by atoms with van der Waals surface area (Å²) in [6, 6.07) is 16.9. The second-order valence-corrected chi connectivity index (χ2v) is 10.1. The second-order valence-electron chi connectivity index (χ2n) is 9.69. The number of halogens is 1. The van der Waals surface area contributed by atoms with Gasteiger partial charge in [0.2, 0.25) is 0 Å². The Kier molecular flexibility index (Phi) is 6.56. The van der Waals surface area contributed by atoms with Crippen LogP contribution in [-0.4, -0.2) is 36.7 Å². The monoisotopic (exact) mass is 481 g/mol. The van der Waals surface area contributed by atoms with E-state index in [1.807, 2.05) is 63.2 Å². The quantitative estimate of drug-likeness (QED) is 0.495. The summed E-state index contributed by atoms with van der Waals surface area (Å²) in [6.45, 7) is 6.49. The molecule has 2 atom stereocenters. The van der Waals surface area contributed by atoms with E-state index in [0.717, 1.165) is 16.3 Å². The molecule has 4 rings (SSSR count). The number of carbonyl (C=O) groups excluding carboxylic acids is 1. The Bertz CT molecular complexity index is 1250. The minimum Gasteiger partial charge on any atom is -0.496 e. The van der Waals surface area contributed by atoms with Crippen molar-refractivity contribution in [1.82, 2.24) is 0 Å². The first-order valence-corrected chi connectivity index (χ1v) is 11.5. The number of methoxy groups -OCH3 is 1. The minimum absolute atomic E-state index is 0.229. The lowest BCUT2D eigenvalue weighted by molar-refractivity contribution is -0.147. The Labute approximate surface area is 204 Å². The highest BCUT2D eigenvalue weighted by Gasteiger charge is 2.39. The third kappa shape index (κ3) is 4.74. The smallest absolute Gasteiger partial charge is 0.306 e. The highest BCUT2D eigenvalue weighted by molar-refractivity contribution is 6.30. The molecule has 0 spiro atoms. The average molecular weight is 482 g/mol. The maximum absolute atomic E-state index is 13.6. The van der Waals surface area contributed by atoms with Crippen molar-refractivity contribution >= 4 is 39.9 Å². The summed E-state index contributed by atoms with van der Waals surface area (Å²) in [5.74, 6) is -0.760. The van der Waals surface area contributed by atoms with Crippen LogP contribution in [-0.2, 0) is 14.3 Å². The fourth-order valence-corrected chi connectivity index (χ4v) is 4.62. The van der Waals surface area contributed by atoms with Crippen LogP contribution in [0.3, 0.4) is 0 Å². The van der Waals surface area contributed by atoms with Gasteiger partial charge in [-0.25, -0.2) is 0 Å². The first kappa shape index (κ1) is 24.0. The number of aliphatic carboxylic acids is 1. The Morgan fingerprint density at radius 1 is 1.09 bits per heavy atom. The van der Waals surface area contributed by atoms with Gasteiger partial charge in [0.1, 0.15) is 18.0 Å². The number of nitrogens with zero attached hydrogens (tertiary/aromatic N) is 1. The van der Waals surface area contributed by atoms with E-state index in [-0.39, 0.29) is 11.3 Å². The van der Waals surface area contributed by atoms with Gasteiger partial charge >= 0.3 is 5.97 Å². The lowest BCUT2D eigenvalue weighted by atomic mass is 9.92. The van der Waals surface area contributed by atoms with Gasteiger partial charge in [0.05, 0.1) is 13.5 Å². The molecule has 1 heterocycles. The van der Waals surface area contributed by atoms with E-state index in [1.54, 1.807) is 24.1 Å². The largest absolute Gasteiger partial charge is 0.496 e. The van der Waals surface area contributed by atoms with E-state index in [9.17, 15) is 14.7 Å². The van der Waals surface area contributed by atoms with Crippen molar-refractivity contribution in [3.63, 3.8) is 0 Å². The molecule has 0 saturated carbocycles. The van der Waals surface area contributed by atoms with Crippen LogP contribution in [0.5, 0.6) is 5.75 Å². The number of hydrogen-bond acceptors (Lipinski definition) is 4. The Morgan fingerprint density at radius 2 is 1.79 bits per heavy atom. The van der Waals surface area contributed by atoms with Crippen molar-refractivity contribution in [2.24, 2.45) is 5.41 Å². The highest BCUT2D eigenvalue weighted by Crippen LogP contribution is 2.43. The molecular weight excluding hydrogens is 454 g/mol. The first-order valence-electron chi connectivity index (χ1n) is 11.1. The SMILES string of the molecule is COc1ccc(C2OC(CC(=O)O)C(=O)N(CC(C)(C)C)c3ccc(Cl)cc32)c2ccccc12. The molecule has 0 bridgehead atoms. The maximum Gasteiger partial charge on any atom is 0.306 e. The molecule has 34 heavy (non-hydrogen) atoms. The van der Waals surface area contributed by atoms with Crippen molar-refractivity contribution in [2.75, 3.05) is 18.6 Å². The van der Waals surface area contributed by atoms with E-state index >= 15 is 0 Å². The molecule has 7 heteroatoms. The van der Waals surface area contributed by atoms with Crippen molar-refractivity contribution in [3.05, 3.63) is 70.7 Å². The van der Waals surface area contributed by atoms with Gasteiger partial charge in [-0.3, -0.25) is 9.59 Å². The molecule has 0 fully saturated rings. The predicted molar refractivity (Wildman–Crippen MR) is 133 cm³/mol. The van der Waals surface area contributed by atoms with Crippen LogP contribution in [0, 0.1) is 5.41 Å². The molecule has 1 amide bonds. The van der Waals surface area contributed by atoms with Crippen molar-refractivity contribution in [1.29, 1.82) is 0 Å². The molecule has 1 aliphatic rings. The van der Waals surface area contributed by atoms with E-state index < -0.39 is 24.6 Å². The number of anilines is 1. The van der Waals surface area contributed by atoms with Crippen molar-refractivity contribution in [3.8, 4) is 5.75 Å². The highest BCUT2D eigenvalue weighted by atomic mass is 35.5. The van der Waals surface area contributed by atoms with Crippen molar-refractivity contribution in [2.45, 2.75) is 39.4 Å². The predicted octanol–water partition coefficient (Wildman–Crippen LogP) is 5.84. The van der Waals surface area contributed by atoms with Gasteiger partial charge in [-0.2, -0.15) is 0 Å². The fraction of sp³-hybridized carbons (Fsp3) is 0.333. The van der Waals surface area contributed by atoms with Crippen LogP contribution in [0.4, 0.5) is 5.69 Å². The van der Waals surface area contributed by atoms with E-state index in [4.69, 9.17) is 21.1 Å². The molecular formula is C27H28ClNO5. The van der Waals surface area contributed by atoms with Crippen LogP contribution < -0.4 is 9.64 Å². The zero-order chi connectivity index (χ0) is 24.6. The molecule has 0 saturated heterocycles. The number of ether oxygens (including phenoxy) is 2. The Hall–Kier alpha value is -3.09. The summed E-state index contributed by atoms with van der Waals surface area (Å²) >= 11 is 6.41. The zero-order valence-electron chi connectivity index (χ0n) is 19.7. The van der Waals surface area contributed by atoms with Crippen LogP contribution in [0.2, 0.25) is 5.02 Å². The maximum atomic E-state index is 13.6. The summed E-state index contributed by atoms with van der Waals surface area (Å²) < 4.78 is 11.9. The minimum atomic E-state index is -1.16. The molecule has 1 aliphatic heterocycles. The third-order valence-corrected chi connectivity index (χ3v) is 6.05. The normalized spacial score (nSPS) is 18.5. The van der Waals surface area contributed by atoms with Gasteiger partial charge in [0.25, 0.3) is 5.91 Å². The molecule has 178 valence electrons. The number of amides is 1. The lowest BCUT2D eigenvalue weighted by Crippen LogP contribution is -2.44. The number of rotatable bonds is 5. The lowest BCUT2D eigenvalue weighted by Gasteiger charge is -2.31. The number of hydrogen-bond donors (Lipinski definition) is 1. The molecule has 0 aliphatic carbocycles. The number of carboxylic acids is 1. The molecule has 0 aromatic heterocycles. The van der Waals surface area contributed by atoms with Gasteiger partial charge in [-0.05, 0) is 40.6 Å². The molecule has 3 aromatic rings.